The minimum absolute atomic E-state index is 0.0226. The van der Waals surface area contributed by atoms with E-state index < -0.39 is 21.3 Å². The number of nitro groups is 2. The number of nitrogens with zero attached hydrogens (tertiary/aromatic N) is 2. The summed E-state index contributed by atoms with van der Waals surface area (Å²) < 4.78 is 0. The van der Waals surface area contributed by atoms with Crippen molar-refractivity contribution >= 4 is 11.4 Å². The van der Waals surface area contributed by atoms with E-state index in [1.165, 1.54) is 6.92 Å². The Labute approximate surface area is 97.0 Å². The van der Waals surface area contributed by atoms with Crippen LogP contribution < -0.4 is 0 Å². The third-order valence-electron chi connectivity index (χ3n) is 2.43. The molecule has 0 heterocycles. The molecule has 0 fully saturated rings. The van der Waals surface area contributed by atoms with Crippen LogP contribution >= 0.6 is 0 Å². The molecule has 7 nitrogen and oxygen atoms in total. The SMILES string of the molecule is CCCc1c([N+](=O)[O-])cc(C)c(O)c1[N+](=O)[O-]. The summed E-state index contributed by atoms with van der Waals surface area (Å²) in [6.45, 7) is 3.15. The highest BCUT2D eigenvalue weighted by Crippen LogP contribution is 2.39. The molecule has 92 valence electrons. The molecule has 0 aliphatic heterocycles. The standard InChI is InChI=1S/C10H12N2O5/c1-3-4-7-8(11(14)15)5-6(2)10(13)9(7)12(16)17/h5,13H,3-4H2,1-2H3. The fraction of sp³-hybridized carbons (Fsp3) is 0.400. The smallest absolute Gasteiger partial charge is 0.321 e. The number of phenolic OH excluding ortho intramolecular Hbond substituents is 1. The number of nitro benzene ring substituents is 2. The van der Waals surface area contributed by atoms with Crippen molar-refractivity contribution in [3.8, 4) is 5.75 Å². The predicted molar refractivity (Wildman–Crippen MR) is 60.1 cm³/mol. The van der Waals surface area contributed by atoms with Gasteiger partial charge in [-0.05, 0) is 13.3 Å². The molecule has 0 aliphatic rings. The minimum atomic E-state index is -0.777. The maximum atomic E-state index is 10.9. The Morgan fingerprint density at radius 1 is 1.29 bits per heavy atom. The highest BCUT2D eigenvalue weighted by molar-refractivity contribution is 5.64. The summed E-state index contributed by atoms with van der Waals surface area (Å²) in [4.78, 5) is 20.3. The predicted octanol–water partition coefficient (Wildman–Crippen LogP) is 2.47. The van der Waals surface area contributed by atoms with Crippen LogP contribution in [0.25, 0.3) is 0 Å². The van der Waals surface area contributed by atoms with Crippen molar-refractivity contribution < 1.29 is 15.0 Å². The summed E-state index contributed by atoms with van der Waals surface area (Å²) in [5, 5.41) is 31.3. The zero-order chi connectivity index (χ0) is 13.2. The fourth-order valence-corrected chi connectivity index (χ4v) is 1.67. The van der Waals surface area contributed by atoms with E-state index in [2.05, 4.69) is 0 Å². The van der Waals surface area contributed by atoms with Gasteiger partial charge < -0.3 is 5.11 Å². The van der Waals surface area contributed by atoms with Gasteiger partial charge in [-0.25, -0.2) is 0 Å². The quantitative estimate of drug-likeness (QED) is 0.642. The van der Waals surface area contributed by atoms with Crippen LogP contribution in [0.5, 0.6) is 5.75 Å². The van der Waals surface area contributed by atoms with E-state index >= 15 is 0 Å². The van der Waals surface area contributed by atoms with Gasteiger partial charge in [0.05, 0.1) is 9.85 Å². The normalized spacial score (nSPS) is 10.2. The Kier molecular flexibility index (Phi) is 3.62. The third kappa shape index (κ3) is 2.32. The first-order valence-electron chi connectivity index (χ1n) is 5.04. The Bertz CT molecular complexity index is 484. The van der Waals surface area contributed by atoms with Crippen LogP contribution in [0.1, 0.15) is 24.5 Å². The molecular formula is C10H12N2O5. The van der Waals surface area contributed by atoms with E-state index in [1.54, 1.807) is 6.92 Å². The molecule has 0 aliphatic carbocycles. The lowest BCUT2D eigenvalue weighted by atomic mass is 10.0. The summed E-state index contributed by atoms with van der Waals surface area (Å²) in [6, 6.07) is 1.16. The second-order valence-electron chi connectivity index (χ2n) is 3.65. The first-order chi connectivity index (χ1) is 7.90. The molecule has 1 aromatic carbocycles. The summed E-state index contributed by atoms with van der Waals surface area (Å²) in [5.74, 6) is -0.496. The lowest BCUT2D eigenvalue weighted by Crippen LogP contribution is -2.02. The van der Waals surface area contributed by atoms with E-state index in [0.29, 0.717) is 6.42 Å². The maximum absolute atomic E-state index is 10.9. The number of hydrogen-bond acceptors (Lipinski definition) is 5. The van der Waals surface area contributed by atoms with Gasteiger partial charge in [0.2, 0.25) is 0 Å². The lowest BCUT2D eigenvalue weighted by Gasteiger charge is -2.06. The van der Waals surface area contributed by atoms with Gasteiger partial charge in [0.15, 0.2) is 5.75 Å². The molecule has 0 radical (unpaired) electrons. The van der Waals surface area contributed by atoms with Crippen molar-refractivity contribution in [2.24, 2.45) is 0 Å². The Balaban J connectivity index is 3.63. The molecule has 1 rings (SSSR count). The van der Waals surface area contributed by atoms with E-state index in [1.807, 2.05) is 0 Å². The number of benzene rings is 1. The molecule has 17 heavy (non-hydrogen) atoms. The fourth-order valence-electron chi connectivity index (χ4n) is 1.67. The zero-order valence-corrected chi connectivity index (χ0v) is 9.47. The van der Waals surface area contributed by atoms with Gasteiger partial charge in [0, 0.05) is 11.6 Å². The first kappa shape index (κ1) is 12.9. The molecule has 1 N–H and O–H groups in total. The van der Waals surface area contributed by atoms with Crippen molar-refractivity contribution in [3.63, 3.8) is 0 Å². The average molecular weight is 240 g/mol. The minimum Gasteiger partial charge on any atom is -0.502 e. The highest BCUT2D eigenvalue weighted by Gasteiger charge is 2.30. The molecule has 0 bridgehead atoms. The van der Waals surface area contributed by atoms with Crippen molar-refractivity contribution in [1.29, 1.82) is 0 Å². The van der Waals surface area contributed by atoms with E-state index in [0.717, 1.165) is 6.07 Å². The number of aromatic hydroxyl groups is 1. The second-order valence-corrected chi connectivity index (χ2v) is 3.65. The van der Waals surface area contributed by atoms with Crippen molar-refractivity contribution in [3.05, 3.63) is 37.4 Å². The van der Waals surface area contributed by atoms with Crippen molar-refractivity contribution in [2.45, 2.75) is 26.7 Å². The maximum Gasteiger partial charge on any atom is 0.321 e. The molecule has 0 amide bonds. The zero-order valence-electron chi connectivity index (χ0n) is 9.47. The van der Waals surface area contributed by atoms with Crippen LogP contribution in [-0.4, -0.2) is 15.0 Å². The van der Waals surface area contributed by atoms with Gasteiger partial charge in [-0.15, -0.1) is 0 Å². The largest absolute Gasteiger partial charge is 0.502 e. The second kappa shape index (κ2) is 4.77. The monoisotopic (exact) mass is 240 g/mol. The van der Waals surface area contributed by atoms with Gasteiger partial charge in [-0.2, -0.15) is 0 Å². The average Bonchev–Trinajstić information content (AvgIpc) is 2.22. The number of hydrogen-bond donors (Lipinski definition) is 1. The van der Waals surface area contributed by atoms with Gasteiger partial charge in [-0.1, -0.05) is 13.3 Å². The Morgan fingerprint density at radius 2 is 1.88 bits per heavy atom. The van der Waals surface area contributed by atoms with Gasteiger partial charge in [0.1, 0.15) is 5.56 Å². The van der Waals surface area contributed by atoms with Gasteiger partial charge in [0.25, 0.3) is 5.69 Å². The molecule has 0 atom stereocenters. The van der Waals surface area contributed by atoms with Crippen LogP contribution in [-0.2, 0) is 6.42 Å². The molecule has 7 heteroatoms. The van der Waals surface area contributed by atoms with Gasteiger partial charge in [-0.3, -0.25) is 20.2 Å². The van der Waals surface area contributed by atoms with Gasteiger partial charge >= 0.3 is 5.69 Å². The summed E-state index contributed by atoms with van der Waals surface area (Å²) in [6.07, 6.45) is 0.699. The number of aryl methyl sites for hydroxylation is 1. The van der Waals surface area contributed by atoms with Crippen LogP contribution in [0.4, 0.5) is 11.4 Å². The van der Waals surface area contributed by atoms with Crippen molar-refractivity contribution in [2.75, 3.05) is 0 Å². The summed E-state index contributed by atoms with van der Waals surface area (Å²) in [5.41, 5.74) is -0.763. The summed E-state index contributed by atoms with van der Waals surface area (Å²) in [7, 11) is 0. The third-order valence-corrected chi connectivity index (χ3v) is 2.43. The topological polar surface area (TPSA) is 107 Å². The number of rotatable bonds is 4. The molecule has 0 saturated heterocycles. The molecule has 0 aromatic heterocycles. The lowest BCUT2D eigenvalue weighted by molar-refractivity contribution is -0.396. The van der Waals surface area contributed by atoms with E-state index in [4.69, 9.17) is 0 Å². The molecular weight excluding hydrogens is 228 g/mol. The molecule has 0 unspecified atom stereocenters. The number of phenols is 1. The van der Waals surface area contributed by atoms with Crippen LogP contribution in [0, 0.1) is 27.2 Å². The molecule has 1 aromatic rings. The summed E-state index contributed by atoms with van der Waals surface area (Å²) >= 11 is 0. The Morgan fingerprint density at radius 3 is 2.29 bits per heavy atom. The van der Waals surface area contributed by atoms with E-state index in [9.17, 15) is 25.3 Å². The van der Waals surface area contributed by atoms with Crippen LogP contribution in [0.3, 0.4) is 0 Å². The van der Waals surface area contributed by atoms with E-state index in [-0.39, 0.29) is 23.2 Å². The first-order valence-corrected chi connectivity index (χ1v) is 5.04. The van der Waals surface area contributed by atoms with Crippen LogP contribution in [0.15, 0.2) is 6.07 Å². The van der Waals surface area contributed by atoms with Crippen molar-refractivity contribution in [1.82, 2.24) is 0 Å². The Hall–Kier alpha value is -2.18. The van der Waals surface area contributed by atoms with Crippen LogP contribution in [0.2, 0.25) is 0 Å². The molecule has 0 saturated carbocycles. The molecule has 0 spiro atoms. The highest BCUT2D eigenvalue weighted by atomic mass is 16.6.